The van der Waals surface area contributed by atoms with Crippen LogP contribution in [0.3, 0.4) is 0 Å². The van der Waals surface area contributed by atoms with Crippen molar-refractivity contribution in [2.75, 3.05) is 6.61 Å². The minimum Gasteiger partial charge on any atom is -0.454 e. The zero-order valence-electron chi connectivity index (χ0n) is 15.9. The lowest BCUT2D eigenvalue weighted by atomic mass is 10.0. The first kappa shape index (κ1) is 19.8. The molecule has 0 radical (unpaired) electrons. The fraction of sp³-hybridized carbons (Fsp3) is 0.238. The Bertz CT molecular complexity index is 1010. The molecule has 2 heterocycles. The summed E-state index contributed by atoms with van der Waals surface area (Å²) < 4.78 is 10.3. The Morgan fingerprint density at radius 2 is 1.93 bits per heavy atom. The normalized spacial score (nSPS) is 10.7. The van der Waals surface area contributed by atoms with E-state index in [1.165, 1.54) is 11.8 Å². The number of ketones is 1. The van der Waals surface area contributed by atoms with Crippen LogP contribution in [0.2, 0.25) is 0 Å². The Labute approximate surface area is 167 Å². The van der Waals surface area contributed by atoms with Crippen LogP contribution < -0.4 is 0 Å². The second kappa shape index (κ2) is 8.84. The van der Waals surface area contributed by atoms with Gasteiger partial charge in [-0.25, -0.2) is 9.78 Å². The van der Waals surface area contributed by atoms with E-state index in [0.29, 0.717) is 21.9 Å². The third-order valence-electron chi connectivity index (χ3n) is 4.05. The number of esters is 1. The highest BCUT2D eigenvalue weighted by Crippen LogP contribution is 2.24. The van der Waals surface area contributed by atoms with E-state index in [1.807, 2.05) is 39.0 Å². The molecule has 3 aromatic rings. The number of aromatic nitrogens is 2. The van der Waals surface area contributed by atoms with E-state index in [2.05, 4.69) is 10.1 Å². The van der Waals surface area contributed by atoms with Gasteiger partial charge in [0.1, 0.15) is 10.8 Å². The molecule has 0 atom stereocenters. The van der Waals surface area contributed by atoms with Crippen molar-refractivity contribution in [3.05, 3.63) is 76.3 Å². The molecule has 0 aliphatic rings. The molecule has 6 nitrogen and oxygen atoms in total. The molecule has 1 aromatic carbocycles. The number of thioether (sulfide) groups is 1. The first-order valence-electron chi connectivity index (χ1n) is 8.71. The van der Waals surface area contributed by atoms with Gasteiger partial charge in [-0.2, -0.15) is 0 Å². The van der Waals surface area contributed by atoms with E-state index >= 15 is 0 Å². The zero-order chi connectivity index (χ0) is 20.1. The van der Waals surface area contributed by atoms with Gasteiger partial charge in [-0.1, -0.05) is 34.6 Å². The van der Waals surface area contributed by atoms with Crippen molar-refractivity contribution in [2.45, 2.75) is 31.6 Å². The van der Waals surface area contributed by atoms with Crippen LogP contribution in [0.4, 0.5) is 0 Å². The lowest BCUT2D eigenvalue weighted by molar-refractivity contribution is 0.0470. The molecule has 2 aromatic heterocycles. The number of hydrogen-bond donors (Lipinski definition) is 0. The molecular weight excluding hydrogens is 376 g/mol. The summed E-state index contributed by atoms with van der Waals surface area (Å²) in [7, 11) is 0. The summed E-state index contributed by atoms with van der Waals surface area (Å²) in [6.45, 7) is 5.27. The van der Waals surface area contributed by atoms with Gasteiger partial charge in [-0.3, -0.25) is 4.79 Å². The maximum absolute atomic E-state index is 12.5. The molecule has 0 N–H and O–H groups in total. The van der Waals surface area contributed by atoms with Crippen LogP contribution in [0, 0.1) is 20.8 Å². The van der Waals surface area contributed by atoms with Crippen molar-refractivity contribution in [3.8, 4) is 0 Å². The second-order valence-corrected chi connectivity index (χ2v) is 7.36. The fourth-order valence-electron chi connectivity index (χ4n) is 2.61. The van der Waals surface area contributed by atoms with Crippen LogP contribution in [0.5, 0.6) is 0 Å². The molecule has 0 saturated heterocycles. The summed E-state index contributed by atoms with van der Waals surface area (Å²) in [5.74, 6) is 0.424. The van der Waals surface area contributed by atoms with Gasteiger partial charge in [0.2, 0.25) is 5.78 Å². The molecule has 3 rings (SSSR count). The van der Waals surface area contributed by atoms with E-state index in [1.54, 1.807) is 24.4 Å². The Kier molecular flexibility index (Phi) is 6.26. The maximum atomic E-state index is 12.5. The quantitative estimate of drug-likeness (QED) is 0.334. The monoisotopic (exact) mass is 396 g/mol. The smallest absolute Gasteiger partial charge is 0.341 e. The summed E-state index contributed by atoms with van der Waals surface area (Å²) in [5.41, 5.74) is 3.48. The van der Waals surface area contributed by atoms with Gasteiger partial charge in [-0.15, -0.1) is 0 Å². The van der Waals surface area contributed by atoms with Gasteiger partial charge in [0.05, 0.1) is 11.3 Å². The Balaban J connectivity index is 1.65. The lowest BCUT2D eigenvalue weighted by Crippen LogP contribution is -2.16. The number of aryl methyl sites for hydroxylation is 3. The minimum absolute atomic E-state index is 0.231. The molecule has 0 aliphatic carbocycles. The van der Waals surface area contributed by atoms with Crippen molar-refractivity contribution in [1.82, 2.24) is 10.1 Å². The number of pyridine rings is 1. The molecular formula is C21H20N2O4S. The van der Waals surface area contributed by atoms with E-state index in [9.17, 15) is 9.59 Å². The summed E-state index contributed by atoms with van der Waals surface area (Å²) >= 11 is 1.36. The van der Waals surface area contributed by atoms with Crippen LogP contribution in [0.1, 0.15) is 43.3 Å². The molecule has 0 unspecified atom stereocenters. The standard InChI is InChI=1S/C21H20N2O4S/c1-13-6-7-14(2)18(9-13)19(24)11-26-21(25)17-5-4-8-22-20(17)28-12-16-10-15(3)27-23-16/h4-10H,11-12H2,1-3H3. The third kappa shape index (κ3) is 4.86. The molecule has 0 spiro atoms. The SMILES string of the molecule is Cc1ccc(C)c(C(=O)COC(=O)c2cccnc2SCc2cc(C)on2)c1. The van der Waals surface area contributed by atoms with E-state index in [-0.39, 0.29) is 12.4 Å². The Hall–Kier alpha value is -2.93. The highest BCUT2D eigenvalue weighted by Gasteiger charge is 2.18. The van der Waals surface area contributed by atoms with E-state index in [4.69, 9.17) is 9.26 Å². The highest BCUT2D eigenvalue weighted by molar-refractivity contribution is 7.98. The molecule has 28 heavy (non-hydrogen) atoms. The van der Waals surface area contributed by atoms with Gasteiger partial charge >= 0.3 is 5.97 Å². The molecule has 7 heteroatoms. The molecule has 0 amide bonds. The predicted molar refractivity (Wildman–Crippen MR) is 106 cm³/mol. The van der Waals surface area contributed by atoms with Crippen LogP contribution in [-0.2, 0) is 10.5 Å². The van der Waals surface area contributed by atoms with Crippen LogP contribution >= 0.6 is 11.8 Å². The summed E-state index contributed by atoms with van der Waals surface area (Å²) in [4.78, 5) is 29.2. The van der Waals surface area contributed by atoms with Crippen molar-refractivity contribution in [2.24, 2.45) is 0 Å². The highest BCUT2D eigenvalue weighted by atomic mass is 32.2. The topological polar surface area (TPSA) is 82.3 Å². The first-order chi connectivity index (χ1) is 13.4. The number of hydrogen-bond acceptors (Lipinski definition) is 7. The number of carbonyl (C=O) groups is 2. The van der Waals surface area contributed by atoms with Crippen LogP contribution in [0.25, 0.3) is 0 Å². The van der Waals surface area contributed by atoms with Gasteiger partial charge in [-0.05, 0) is 44.5 Å². The zero-order valence-corrected chi connectivity index (χ0v) is 16.7. The largest absolute Gasteiger partial charge is 0.454 e. The predicted octanol–water partition coefficient (Wildman–Crippen LogP) is 4.33. The summed E-state index contributed by atoms with van der Waals surface area (Å²) in [6, 6.07) is 10.7. The van der Waals surface area contributed by atoms with Gasteiger partial charge < -0.3 is 9.26 Å². The Morgan fingerprint density at radius 3 is 2.68 bits per heavy atom. The van der Waals surface area contributed by atoms with Crippen molar-refractivity contribution in [3.63, 3.8) is 0 Å². The number of nitrogens with zero attached hydrogens (tertiary/aromatic N) is 2. The number of rotatable bonds is 7. The van der Waals surface area contributed by atoms with Crippen LogP contribution in [0.15, 0.2) is 52.1 Å². The van der Waals surface area contributed by atoms with Gasteiger partial charge in [0.15, 0.2) is 6.61 Å². The number of ether oxygens (including phenoxy) is 1. The molecule has 0 saturated carbocycles. The molecule has 0 fully saturated rings. The third-order valence-corrected chi connectivity index (χ3v) is 5.09. The summed E-state index contributed by atoms with van der Waals surface area (Å²) in [5, 5.41) is 4.45. The fourth-order valence-corrected chi connectivity index (χ4v) is 3.48. The van der Waals surface area contributed by atoms with Crippen molar-refractivity contribution < 1.29 is 18.8 Å². The number of carbonyl (C=O) groups excluding carboxylic acids is 2. The van der Waals surface area contributed by atoms with Crippen LogP contribution in [-0.4, -0.2) is 28.5 Å². The number of Topliss-reactive ketones (excluding diaryl/α,β-unsaturated/α-hetero) is 1. The van der Waals surface area contributed by atoms with Gasteiger partial charge in [0.25, 0.3) is 0 Å². The first-order valence-corrected chi connectivity index (χ1v) is 9.70. The Morgan fingerprint density at radius 1 is 1.11 bits per heavy atom. The molecule has 0 bridgehead atoms. The van der Waals surface area contributed by atoms with E-state index in [0.717, 1.165) is 22.6 Å². The number of benzene rings is 1. The second-order valence-electron chi connectivity index (χ2n) is 6.39. The van der Waals surface area contributed by atoms with E-state index < -0.39 is 5.97 Å². The van der Waals surface area contributed by atoms with Crippen molar-refractivity contribution in [1.29, 1.82) is 0 Å². The lowest BCUT2D eigenvalue weighted by Gasteiger charge is -2.09. The average Bonchev–Trinajstić information content (AvgIpc) is 3.11. The minimum atomic E-state index is -0.578. The van der Waals surface area contributed by atoms with Gasteiger partial charge in [0, 0.05) is 23.6 Å². The molecule has 0 aliphatic heterocycles. The maximum Gasteiger partial charge on any atom is 0.341 e. The van der Waals surface area contributed by atoms with Crippen molar-refractivity contribution >= 4 is 23.5 Å². The molecule has 144 valence electrons. The summed E-state index contributed by atoms with van der Waals surface area (Å²) in [6.07, 6.45) is 1.61. The average molecular weight is 396 g/mol.